The van der Waals surface area contributed by atoms with Gasteiger partial charge in [0.2, 0.25) is 0 Å². The topological polar surface area (TPSA) is 63.3 Å². The van der Waals surface area contributed by atoms with Crippen LogP contribution in [0.25, 0.3) is 0 Å². The summed E-state index contributed by atoms with van der Waals surface area (Å²) in [4.78, 5) is 10.8. The zero-order valence-corrected chi connectivity index (χ0v) is 6.89. The van der Waals surface area contributed by atoms with E-state index >= 15 is 0 Å². The van der Waals surface area contributed by atoms with Crippen molar-refractivity contribution < 1.29 is 9.90 Å². The van der Waals surface area contributed by atoms with E-state index in [-0.39, 0.29) is 6.04 Å². The number of carboxylic acids is 1. The Morgan fingerprint density at radius 1 is 1.82 bits per heavy atom. The first-order valence-corrected chi connectivity index (χ1v) is 4.06. The standard InChI is InChI=1S/C7H9NO2S/c1-4(8)5-2-6(7(9)10)11-3-5/h2-4H,8H2,1H3,(H,9,10). The predicted molar refractivity (Wildman–Crippen MR) is 43.9 cm³/mol. The molecule has 60 valence electrons. The van der Waals surface area contributed by atoms with Crippen molar-refractivity contribution in [2.45, 2.75) is 13.0 Å². The third kappa shape index (κ3) is 1.78. The van der Waals surface area contributed by atoms with Gasteiger partial charge in [0.1, 0.15) is 4.88 Å². The molecule has 1 unspecified atom stereocenters. The molecule has 0 saturated heterocycles. The molecule has 1 rings (SSSR count). The minimum Gasteiger partial charge on any atom is -0.477 e. The van der Waals surface area contributed by atoms with Crippen LogP contribution in [0.15, 0.2) is 11.4 Å². The van der Waals surface area contributed by atoms with Crippen molar-refractivity contribution in [2.24, 2.45) is 5.73 Å². The van der Waals surface area contributed by atoms with Crippen molar-refractivity contribution in [2.75, 3.05) is 0 Å². The summed E-state index contributed by atoms with van der Waals surface area (Å²) < 4.78 is 0. The minimum absolute atomic E-state index is 0.0839. The van der Waals surface area contributed by atoms with Gasteiger partial charge in [-0.15, -0.1) is 11.3 Å². The third-order valence-electron chi connectivity index (χ3n) is 1.36. The minimum atomic E-state index is -0.887. The maximum Gasteiger partial charge on any atom is 0.345 e. The van der Waals surface area contributed by atoms with Crippen molar-refractivity contribution in [1.82, 2.24) is 0 Å². The van der Waals surface area contributed by atoms with E-state index in [1.807, 2.05) is 6.92 Å². The van der Waals surface area contributed by atoms with Crippen LogP contribution < -0.4 is 5.73 Å². The first-order valence-electron chi connectivity index (χ1n) is 3.18. The molecule has 0 radical (unpaired) electrons. The van der Waals surface area contributed by atoms with Gasteiger partial charge in [-0.1, -0.05) is 0 Å². The van der Waals surface area contributed by atoms with Crippen LogP contribution in [-0.2, 0) is 0 Å². The fourth-order valence-corrected chi connectivity index (χ4v) is 1.55. The Kier molecular flexibility index (Phi) is 2.26. The number of carbonyl (C=O) groups is 1. The second-order valence-corrected chi connectivity index (χ2v) is 3.25. The van der Waals surface area contributed by atoms with E-state index < -0.39 is 5.97 Å². The zero-order chi connectivity index (χ0) is 8.43. The first kappa shape index (κ1) is 8.23. The Bertz CT molecular complexity index is 267. The van der Waals surface area contributed by atoms with Crippen LogP contribution in [0.3, 0.4) is 0 Å². The normalized spacial score (nSPS) is 12.9. The molecule has 1 aromatic heterocycles. The third-order valence-corrected chi connectivity index (χ3v) is 2.29. The van der Waals surface area contributed by atoms with E-state index in [0.717, 1.165) is 5.56 Å². The predicted octanol–water partition coefficient (Wildman–Crippen LogP) is 1.47. The molecule has 0 aliphatic rings. The molecule has 4 heteroatoms. The maximum atomic E-state index is 10.4. The average molecular weight is 171 g/mol. The summed E-state index contributed by atoms with van der Waals surface area (Å²) >= 11 is 1.21. The summed E-state index contributed by atoms with van der Waals surface area (Å²) in [7, 11) is 0. The van der Waals surface area contributed by atoms with Crippen molar-refractivity contribution in [3.63, 3.8) is 0 Å². The summed E-state index contributed by atoms with van der Waals surface area (Å²) in [6, 6.07) is 1.52. The molecule has 1 heterocycles. The van der Waals surface area contributed by atoms with Crippen LogP contribution in [-0.4, -0.2) is 11.1 Å². The Morgan fingerprint density at radius 2 is 2.45 bits per heavy atom. The molecule has 0 fully saturated rings. The van der Waals surface area contributed by atoms with Gasteiger partial charge in [0, 0.05) is 6.04 Å². The number of hydrogen-bond donors (Lipinski definition) is 2. The summed E-state index contributed by atoms with van der Waals surface area (Å²) in [5, 5.41) is 10.3. The number of hydrogen-bond acceptors (Lipinski definition) is 3. The Morgan fingerprint density at radius 3 is 2.73 bits per heavy atom. The van der Waals surface area contributed by atoms with Gasteiger partial charge >= 0.3 is 5.97 Å². The highest BCUT2D eigenvalue weighted by Crippen LogP contribution is 2.18. The lowest BCUT2D eigenvalue weighted by atomic mass is 10.2. The van der Waals surface area contributed by atoms with Gasteiger partial charge < -0.3 is 10.8 Å². The van der Waals surface area contributed by atoms with Crippen LogP contribution in [0.4, 0.5) is 0 Å². The largest absolute Gasteiger partial charge is 0.477 e. The van der Waals surface area contributed by atoms with Crippen molar-refractivity contribution in [3.05, 3.63) is 21.9 Å². The molecule has 0 bridgehead atoms. The highest BCUT2D eigenvalue weighted by Gasteiger charge is 2.08. The molecule has 3 nitrogen and oxygen atoms in total. The molecule has 1 aromatic rings. The number of aromatic carboxylic acids is 1. The Labute approximate surface area is 68.5 Å². The lowest BCUT2D eigenvalue weighted by molar-refractivity contribution is 0.0702. The van der Waals surface area contributed by atoms with E-state index in [1.54, 1.807) is 11.4 Å². The Hall–Kier alpha value is -0.870. The van der Waals surface area contributed by atoms with Gasteiger partial charge in [-0.25, -0.2) is 4.79 Å². The molecule has 0 saturated carbocycles. The lowest BCUT2D eigenvalue weighted by Gasteiger charge is -1.97. The van der Waals surface area contributed by atoms with E-state index in [1.165, 1.54) is 11.3 Å². The fraction of sp³-hybridized carbons (Fsp3) is 0.286. The summed E-state index contributed by atoms with van der Waals surface area (Å²) in [6.07, 6.45) is 0. The van der Waals surface area contributed by atoms with Crippen LogP contribution in [0.5, 0.6) is 0 Å². The van der Waals surface area contributed by atoms with Crippen LogP contribution in [0.1, 0.15) is 28.2 Å². The highest BCUT2D eigenvalue weighted by atomic mass is 32.1. The van der Waals surface area contributed by atoms with Gasteiger partial charge in [0.25, 0.3) is 0 Å². The van der Waals surface area contributed by atoms with Gasteiger partial charge in [-0.2, -0.15) is 0 Å². The molecule has 1 atom stereocenters. The van der Waals surface area contributed by atoms with E-state index in [4.69, 9.17) is 10.8 Å². The van der Waals surface area contributed by atoms with Crippen molar-refractivity contribution in [3.8, 4) is 0 Å². The van der Waals surface area contributed by atoms with Crippen LogP contribution in [0, 0.1) is 0 Å². The van der Waals surface area contributed by atoms with Gasteiger partial charge in [0.15, 0.2) is 0 Å². The monoisotopic (exact) mass is 171 g/mol. The van der Waals surface area contributed by atoms with E-state index in [9.17, 15) is 4.79 Å². The molecule has 0 aromatic carbocycles. The summed E-state index contributed by atoms with van der Waals surface area (Å²) in [5.41, 5.74) is 6.42. The smallest absolute Gasteiger partial charge is 0.345 e. The van der Waals surface area contributed by atoms with Crippen molar-refractivity contribution in [1.29, 1.82) is 0 Å². The number of carboxylic acid groups (broad SMARTS) is 1. The highest BCUT2D eigenvalue weighted by molar-refractivity contribution is 7.12. The molecule has 11 heavy (non-hydrogen) atoms. The molecule has 0 aliphatic heterocycles. The van der Waals surface area contributed by atoms with Crippen LogP contribution in [0.2, 0.25) is 0 Å². The molecular weight excluding hydrogens is 162 g/mol. The molecule has 0 aliphatic carbocycles. The Balaban J connectivity index is 2.90. The summed E-state index contributed by atoms with van der Waals surface area (Å²) in [6.45, 7) is 1.83. The van der Waals surface area contributed by atoms with Gasteiger partial charge in [0.05, 0.1) is 0 Å². The SMILES string of the molecule is CC(N)c1csc(C(=O)O)c1. The van der Waals surface area contributed by atoms with E-state index in [0.29, 0.717) is 4.88 Å². The van der Waals surface area contributed by atoms with Crippen molar-refractivity contribution >= 4 is 17.3 Å². The second-order valence-electron chi connectivity index (χ2n) is 2.34. The van der Waals surface area contributed by atoms with Gasteiger partial charge in [-0.3, -0.25) is 0 Å². The number of nitrogens with two attached hydrogens (primary N) is 1. The van der Waals surface area contributed by atoms with E-state index in [2.05, 4.69) is 0 Å². The average Bonchev–Trinajstić information content (AvgIpc) is 2.33. The molecule has 0 spiro atoms. The zero-order valence-electron chi connectivity index (χ0n) is 6.07. The quantitative estimate of drug-likeness (QED) is 0.708. The lowest BCUT2D eigenvalue weighted by Crippen LogP contribution is -2.03. The number of thiophene rings is 1. The molecule has 3 N–H and O–H groups in total. The summed E-state index contributed by atoms with van der Waals surface area (Å²) in [5.74, 6) is -0.887. The number of rotatable bonds is 2. The first-order chi connectivity index (χ1) is 5.11. The second kappa shape index (κ2) is 3.02. The van der Waals surface area contributed by atoms with Crippen LogP contribution >= 0.6 is 11.3 Å². The van der Waals surface area contributed by atoms with Gasteiger partial charge in [-0.05, 0) is 23.9 Å². The molecule has 0 amide bonds. The molecular formula is C7H9NO2S. The maximum absolute atomic E-state index is 10.4. The fourth-order valence-electron chi connectivity index (χ4n) is 0.702.